The largest absolute Gasteiger partial charge is 0.395 e. The van der Waals surface area contributed by atoms with Gasteiger partial charge < -0.3 is 20.3 Å². The van der Waals surface area contributed by atoms with Crippen LogP contribution in [0.3, 0.4) is 0 Å². The lowest BCUT2D eigenvalue weighted by atomic mass is 10.6. The van der Waals surface area contributed by atoms with Crippen molar-refractivity contribution in [2.24, 2.45) is 0 Å². The van der Waals surface area contributed by atoms with E-state index in [4.69, 9.17) is 14.9 Å². The van der Waals surface area contributed by atoms with E-state index in [0.29, 0.717) is 6.61 Å². The molecule has 0 saturated heterocycles. The zero-order valence-corrected chi connectivity index (χ0v) is 8.90. The minimum absolute atomic E-state index is 0.0915. The zero-order valence-electron chi connectivity index (χ0n) is 8.90. The summed E-state index contributed by atoms with van der Waals surface area (Å²) in [4.78, 5) is 11.2. The number of rotatable bonds is 8. The maximum atomic E-state index is 11.2. The SMILES string of the molecule is CCOCNC(=O)NN(CCO)CCO. The Morgan fingerprint density at radius 1 is 1.33 bits per heavy atom. The standard InChI is InChI=1S/C8H19N3O4/c1-2-15-7-9-8(14)10-11(3-5-12)4-6-13/h12-13H,2-7H2,1H3,(H2,9,10,14). The molecule has 0 bridgehead atoms. The summed E-state index contributed by atoms with van der Waals surface area (Å²) in [5.41, 5.74) is 2.46. The van der Waals surface area contributed by atoms with Crippen LogP contribution in [-0.4, -0.2) is 60.9 Å². The molecule has 0 aromatic rings. The fraction of sp³-hybridized carbons (Fsp3) is 0.875. The third kappa shape index (κ3) is 8.13. The molecule has 0 rings (SSSR count). The predicted molar refractivity (Wildman–Crippen MR) is 53.9 cm³/mol. The Morgan fingerprint density at radius 2 is 1.93 bits per heavy atom. The van der Waals surface area contributed by atoms with Crippen molar-refractivity contribution in [2.45, 2.75) is 6.92 Å². The van der Waals surface area contributed by atoms with Gasteiger partial charge in [-0.3, -0.25) is 5.43 Å². The van der Waals surface area contributed by atoms with Gasteiger partial charge in [-0.2, -0.15) is 0 Å². The molecule has 0 radical (unpaired) electrons. The number of aliphatic hydroxyl groups is 2. The molecule has 0 fully saturated rings. The Kier molecular flexibility index (Phi) is 9.08. The van der Waals surface area contributed by atoms with Crippen molar-refractivity contribution in [1.82, 2.24) is 15.8 Å². The van der Waals surface area contributed by atoms with Crippen molar-refractivity contribution in [3.8, 4) is 0 Å². The number of nitrogens with one attached hydrogen (secondary N) is 2. The Bertz CT molecular complexity index is 162. The topological polar surface area (TPSA) is 94.1 Å². The van der Waals surface area contributed by atoms with Crippen molar-refractivity contribution in [3.63, 3.8) is 0 Å². The molecule has 0 spiro atoms. The molecule has 2 amide bonds. The average Bonchev–Trinajstić information content (AvgIpc) is 2.19. The van der Waals surface area contributed by atoms with Gasteiger partial charge in [-0.1, -0.05) is 0 Å². The highest BCUT2D eigenvalue weighted by Gasteiger charge is 2.06. The number of ether oxygens (including phenoxy) is 1. The molecule has 0 saturated carbocycles. The van der Waals surface area contributed by atoms with Crippen LogP contribution in [0.25, 0.3) is 0 Å². The van der Waals surface area contributed by atoms with Crippen molar-refractivity contribution in [2.75, 3.05) is 39.6 Å². The fourth-order valence-electron chi connectivity index (χ4n) is 0.867. The van der Waals surface area contributed by atoms with Crippen molar-refractivity contribution < 1.29 is 19.7 Å². The number of hydrogen-bond acceptors (Lipinski definition) is 5. The number of aliphatic hydroxyl groups excluding tert-OH is 2. The molecule has 4 N–H and O–H groups in total. The smallest absolute Gasteiger partial charge is 0.331 e. The number of nitrogens with zero attached hydrogens (tertiary/aromatic N) is 1. The maximum absolute atomic E-state index is 11.2. The summed E-state index contributed by atoms with van der Waals surface area (Å²) >= 11 is 0. The van der Waals surface area contributed by atoms with Crippen LogP contribution in [0.1, 0.15) is 6.92 Å². The molecule has 7 nitrogen and oxygen atoms in total. The number of amides is 2. The van der Waals surface area contributed by atoms with Crippen molar-refractivity contribution in [1.29, 1.82) is 0 Å². The van der Waals surface area contributed by atoms with E-state index in [2.05, 4.69) is 10.7 Å². The number of carbonyl (C=O) groups is 1. The molecule has 0 aliphatic heterocycles. The van der Waals surface area contributed by atoms with Crippen LogP contribution in [0.2, 0.25) is 0 Å². The molecular formula is C8H19N3O4. The first kappa shape index (κ1) is 14.1. The van der Waals surface area contributed by atoms with Gasteiger partial charge in [0.15, 0.2) is 0 Å². The Morgan fingerprint density at radius 3 is 2.40 bits per heavy atom. The Labute approximate surface area is 89.0 Å². The van der Waals surface area contributed by atoms with Crippen LogP contribution >= 0.6 is 0 Å². The van der Waals surface area contributed by atoms with Crippen LogP contribution in [0, 0.1) is 0 Å². The van der Waals surface area contributed by atoms with Gasteiger partial charge in [0.25, 0.3) is 0 Å². The van der Waals surface area contributed by atoms with E-state index in [1.165, 1.54) is 5.01 Å². The first-order valence-corrected chi connectivity index (χ1v) is 4.83. The minimum atomic E-state index is -0.426. The normalized spacial score (nSPS) is 10.4. The second-order valence-corrected chi connectivity index (χ2v) is 2.69. The molecule has 0 aliphatic carbocycles. The number of urea groups is 1. The highest BCUT2D eigenvalue weighted by molar-refractivity contribution is 5.73. The summed E-state index contributed by atoms with van der Waals surface area (Å²) in [6, 6.07) is -0.426. The first-order chi connectivity index (χ1) is 7.24. The van der Waals surface area contributed by atoms with E-state index in [9.17, 15) is 4.79 Å². The molecule has 15 heavy (non-hydrogen) atoms. The molecule has 0 atom stereocenters. The third-order valence-corrected chi connectivity index (χ3v) is 1.54. The van der Waals surface area contributed by atoms with Gasteiger partial charge in [-0.25, -0.2) is 9.80 Å². The lowest BCUT2D eigenvalue weighted by Gasteiger charge is -2.21. The van der Waals surface area contributed by atoms with Gasteiger partial charge in [-0.15, -0.1) is 0 Å². The molecular weight excluding hydrogens is 202 g/mol. The molecule has 90 valence electrons. The van der Waals surface area contributed by atoms with Gasteiger partial charge in [0.05, 0.1) is 13.2 Å². The van der Waals surface area contributed by atoms with Crippen LogP contribution in [-0.2, 0) is 4.74 Å². The van der Waals surface area contributed by atoms with E-state index < -0.39 is 6.03 Å². The summed E-state index contributed by atoms with van der Waals surface area (Å²) in [5, 5.41) is 21.2. The van der Waals surface area contributed by atoms with E-state index in [-0.39, 0.29) is 33.0 Å². The number of carbonyl (C=O) groups excluding carboxylic acids is 1. The number of hydrogen-bond donors (Lipinski definition) is 4. The summed E-state index contributed by atoms with van der Waals surface area (Å²) < 4.78 is 4.92. The first-order valence-electron chi connectivity index (χ1n) is 4.83. The minimum Gasteiger partial charge on any atom is -0.395 e. The van der Waals surface area contributed by atoms with Gasteiger partial charge in [-0.05, 0) is 6.92 Å². The Hall–Kier alpha value is -0.890. The summed E-state index contributed by atoms with van der Waals surface area (Å²) in [5.74, 6) is 0. The summed E-state index contributed by atoms with van der Waals surface area (Å²) in [6.45, 7) is 2.83. The molecule has 0 heterocycles. The zero-order chi connectivity index (χ0) is 11.5. The fourth-order valence-corrected chi connectivity index (χ4v) is 0.867. The maximum Gasteiger partial charge on any atom is 0.331 e. The van der Waals surface area contributed by atoms with E-state index >= 15 is 0 Å². The molecule has 0 aromatic carbocycles. The van der Waals surface area contributed by atoms with E-state index in [1.807, 2.05) is 6.92 Å². The van der Waals surface area contributed by atoms with Gasteiger partial charge in [0.2, 0.25) is 0 Å². The monoisotopic (exact) mass is 221 g/mol. The molecule has 0 aromatic heterocycles. The summed E-state index contributed by atoms with van der Waals surface area (Å²) in [6.07, 6.45) is 0. The van der Waals surface area contributed by atoms with Crippen LogP contribution in [0.15, 0.2) is 0 Å². The highest BCUT2D eigenvalue weighted by Crippen LogP contribution is 1.81. The lowest BCUT2D eigenvalue weighted by Crippen LogP contribution is -2.49. The molecule has 0 aliphatic rings. The number of hydrazine groups is 1. The predicted octanol–water partition coefficient (Wildman–Crippen LogP) is -1.52. The van der Waals surface area contributed by atoms with E-state index in [0.717, 1.165) is 0 Å². The van der Waals surface area contributed by atoms with Gasteiger partial charge >= 0.3 is 6.03 Å². The van der Waals surface area contributed by atoms with E-state index in [1.54, 1.807) is 0 Å². The Balaban J connectivity index is 3.67. The second kappa shape index (κ2) is 9.66. The highest BCUT2D eigenvalue weighted by atomic mass is 16.5. The van der Waals surface area contributed by atoms with Crippen molar-refractivity contribution >= 4 is 6.03 Å². The third-order valence-electron chi connectivity index (χ3n) is 1.54. The van der Waals surface area contributed by atoms with Crippen LogP contribution < -0.4 is 10.7 Å². The van der Waals surface area contributed by atoms with Crippen molar-refractivity contribution in [3.05, 3.63) is 0 Å². The second-order valence-electron chi connectivity index (χ2n) is 2.69. The lowest BCUT2D eigenvalue weighted by molar-refractivity contribution is 0.106. The van der Waals surface area contributed by atoms with Gasteiger partial charge in [0, 0.05) is 19.7 Å². The average molecular weight is 221 g/mol. The molecule has 7 heteroatoms. The van der Waals surface area contributed by atoms with Gasteiger partial charge in [0.1, 0.15) is 6.73 Å². The van der Waals surface area contributed by atoms with Crippen LogP contribution in [0.4, 0.5) is 4.79 Å². The summed E-state index contributed by atoms with van der Waals surface area (Å²) in [7, 11) is 0. The van der Waals surface area contributed by atoms with Crippen LogP contribution in [0.5, 0.6) is 0 Å². The molecule has 0 unspecified atom stereocenters. The quantitative estimate of drug-likeness (QED) is 0.227.